The molecule has 134 valence electrons. The molecule has 1 aliphatic heterocycles. The van der Waals surface area contributed by atoms with Gasteiger partial charge in [0.1, 0.15) is 0 Å². The highest BCUT2D eigenvalue weighted by molar-refractivity contribution is 7.89. The SMILES string of the molecule is CCCNC(=O)c1ccc(S(=O)(=O)NCCN2CCOCC2)cc1. The third kappa shape index (κ3) is 5.55. The van der Waals surface area contributed by atoms with Crippen molar-refractivity contribution < 1.29 is 17.9 Å². The average Bonchev–Trinajstić information content (AvgIpc) is 2.60. The summed E-state index contributed by atoms with van der Waals surface area (Å²) in [5.74, 6) is -0.193. The Kier molecular flexibility index (Phi) is 7.16. The van der Waals surface area contributed by atoms with E-state index in [1.165, 1.54) is 24.3 Å². The first-order chi connectivity index (χ1) is 11.5. The Hall–Kier alpha value is -1.48. The second-order valence-electron chi connectivity index (χ2n) is 5.63. The van der Waals surface area contributed by atoms with Crippen LogP contribution >= 0.6 is 0 Å². The summed E-state index contributed by atoms with van der Waals surface area (Å²) in [7, 11) is -3.56. The quantitative estimate of drug-likeness (QED) is 0.706. The predicted molar refractivity (Wildman–Crippen MR) is 91.5 cm³/mol. The molecule has 0 unspecified atom stereocenters. The number of nitrogens with zero attached hydrogens (tertiary/aromatic N) is 1. The molecule has 0 spiro atoms. The van der Waals surface area contributed by atoms with Gasteiger partial charge in [-0.1, -0.05) is 6.92 Å². The number of hydrogen-bond donors (Lipinski definition) is 2. The molecule has 0 radical (unpaired) electrons. The number of sulfonamides is 1. The van der Waals surface area contributed by atoms with E-state index in [9.17, 15) is 13.2 Å². The third-order valence-corrected chi connectivity index (χ3v) is 5.26. The van der Waals surface area contributed by atoms with Gasteiger partial charge in [0.25, 0.3) is 5.91 Å². The maximum absolute atomic E-state index is 12.3. The molecule has 0 aliphatic carbocycles. The smallest absolute Gasteiger partial charge is 0.251 e. The number of hydrogen-bond acceptors (Lipinski definition) is 5. The fourth-order valence-electron chi connectivity index (χ4n) is 2.37. The molecule has 1 saturated heterocycles. The number of rotatable bonds is 8. The number of nitrogens with one attached hydrogen (secondary N) is 2. The van der Waals surface area contributed by atoms with Crippen molar-refractivity contribution in [2.75, 3.05) is 45.9 Å². The Labute approximate surface area is 143 Å². The van der Waals surface area contributed by atoms with Gasteiger partial charge in [-0.05, 0) is 30.7 Å². The number of benzene rings is 1. The molecule has 0 atom stereocenters. The van der Waals surface area contributed by atoms with E-state index in [4.69, 9.17) is 4.74 Å². The van der Waals surface area contributed by atoms with Crippen LogP contribution in [-0.2, 0) is 14.8 Å². The van der Waals surface area contributed by atoms with Gasteiger partial charge in [-0.3, -0.25) is 9.69 Å². The maximum Gasteiger partial charge on any atom is 0.251 e. The summed E-state index contributed by atoms with van der Waals surface area (Å²) >= 11 is 0. The second kappa shape index (κ2) is 9.12. The Morgan fingerprint density at radius 2 is 1.83 bits per heavy atom. The van der Waals surface area contributed by atoms with Crippen LogP contribution in [0.5, 0.6) is 0 Å². The number of amides is 1. The largest absolute Gasteiger partial charge is 0.379 e. The van der Waals surface area contributed by atoms with Gasteiger partial charge < -0.3 is 10.1 Å². The van der Waals surface area contributed by atoms with Crippen LogP contribution in [0, 0.1) is 0 Å². The van der Waals surface area contributed by atoms with Crippen LogP contribution in [0.3, 0.4) is 0 Å². The van der Waals surface area contributed by atoms with E-state index in [1.54, 1.807) is 0 Å². The van der Waals surface area contributed by atoms with Crippen LogP contribution in [-0.4, -0.2) is 65.2 Å². The summed E-state index contributed by atoms with van der Waals surface area (Å²) in [6.45, 7) is 6.59. The zero-order chi connectivity index (χ0) is 17.4. The van der Waals surface area contributed by atoms with Gasteiger partial charge in [0.2, 0.25) is 10.0 Å². The molecule has 24 heavy (non-hydrogen) atoms. The standard InChI is InChI=1S/C16H25N3O4S/c1-2-7-17-16(20)14-3-5-15(6-4-14)24(21,22)18-8-9-19-10-12-23-13-11-19/h3-6,18H,2,7-13H2,1H3,(H,17,20). The van der Waals surface area contributed by atoms with E-state index in [0.29, 0.717) is 38.4 Å². The van der Waals surface area contributed by atoms with Crippen LogP contribution in [0.4, 0.5) is 0 Å². The predicted octanol–water partition coefficient (Wildman–Crippen LogP) is 0.437. The highest BCUT2D eigenvalue weighted by Crippen LogP contribution is 2.10. The lowest BCUT2D eigenvalue weighted by Gasteiger charge is -2.26. The molecule has 8 heteroatoms. The number of carbonyl (C=O) groups is 1. The molecule has 2 N–H and O–H groups in total. The zero-order valence-electron chi connectivity index (χ0n) is 14.0. The first kappa shape index (κ1) is 18.9. The van der Waals surface area contributed by atoms with Crippen LogP contribution in [0.15, 0.2) is 29.2 Å². The van der Waals surface area contributed by atoms with Crippen molar-refractivity contribution in [2.45, 2.75) is 18.2 Å². The summed E-state index contributed by atoms with van der Waals surface area (Å²) in [6.07, 6.45) is 0.852. The summed E-state index contributed by atoms with van der Waals surface area (Å²) in [5.41, 5.74) is 0.454. The van der Waals surface area contributed by atoms with E-state index < -0.39 is 10.0 Å². The fraction of sp³-hybridized carbons (Fsp3) is 0.562. The van der Waals surface area contributed by atoms with Gasteiger partial charge in [-0.25, -0.2) is 13.1 Å². The van der Waals surface area contributed by atoms with Gasteiger partial charge in [-0.15, -0.1) is 0 Å². The molecule has 1 aromatic rings. The lowest BCUT2D eigenvalue weighted by molar-refractivity contribution is 0.0390. The number of ether oxygens (including phenoxy) is 1. The number of morpholine rings is 1. The number of carbonyl (C=O) groups excluding carboxylic acids is 1. The molecule has 1 heterocycles. The van der Waals surface area contributed by atoms with Gasteiger partial charge in [-0.2, -0.15) is 0 Å². The Balaban J connectivity index is 1.87. The Bertz CT molecular complexity index is 625. The molecular weight excluding hydrogens is 330 g/mol. The molecule has 0 bridgehead atoms. The zero-order valence-corrected chi connectivity index (χ0v) is 14.8. The van der Waals surface area contributed by atoms with Crippen molar-refractivity contribution >= 4 is 15.9 Å². The maximum atomic E-state index is 12.3. The van der Waals surface area contributed by atoms with Crippen molar-refractivity contribution in [2.24, 2.45) is 0 Å². The van der Waals surface area contributed by atoms with E-state index >= 15 is 0 Å². The normalized spacial score (nSPS) is 16.0. The van der Waals surface area contributed by atoms with Crippen molar-refractivity contribution in [3.05, 3.63) is 29.8 Å². The van der Waals surface area contributed by atoms with E-state index in [2.05, 4.69) is 14.9 Å². The summed E-state index contributed by atoms with van der Waals surface area (Å²) < 4.78 is 32.4. The molecule has 0 aromatic heterocycles. The van der Waals surface area contributed by atoms with Crippen LogP contribution in [0.1, 0.15) is 23.7 Å². The highest BCUT2D eigenvalue weighted by Gasteiger charge is 2.16. The molecule has 7 nitrogen and oxygen atoms in total. The third-order valence-electron chi connectivity index (χ3n) is 3.79. The van der Waals surface area contributed by atoms with Crippen molar-refractivity contribution in [3.63, 3.8) is 0 Å². The van der Waals surface area contributed by atoms with Gasteiger partial charge in [0.15, 0.2) is 0 Å². The van der Waals surface area contributed by atoms with Gasteiger partial charge in [0, 0.05) is 38.3 Å². The fourth-order valence-corrected chi connectivity index (χ4v) is 3.39. The Morgan fingerprint density at radius 1 is 1.17 bits per heavy atom. The van der Waals surface area contributed by atoms with Gasteiger partial charge in [0.05, 0.1) is 18.1 Å². The topological polar surface area (TPSA) is 87.7 Å². The lowest BCUT2D eigenvalue weighted by Crippen LogP contribution is -2.41. The molecule has 1 aliphatic rings. The molecular formula is C16H25N3O4S. The first-order valence-corrected chi connectivity index (χ1v) is 9.69. The summed E-state index contributed by atoms with van der Waals surface area (Å²) in [5, 5.41) is 2.76. The van der Waals surface area contributed by atoms with Crippen molar-refractivity contribution in [1.82, 2.24) is 14.9 Å². The van der Waals surface area contributed by atoms with E-state index in [-0.39, 0.29) is 10.8 Å². The second-order valence-corrected chi connectivity index (χ2v) is 7.40. The molecule has 0 saturated carbocycles. The van der Waals surface area contributed by atoms with Crippen LogP contribution in [0.25, 0.3) is 0 Å². The average molecular weight is 355 g/mol. The minimum Gasteiger partial charge on any atom is -0.379 e. The molecule has 2 rings (SSSR count). The minimum atomic E-state index is -3.56. The summed E-state index contributed by atoms with van der Waals surface area (Å²) in [6, 6.07) is 5.97. The lowest BCUT2D eigenvalue weighted by atomic mass is 10.2. The van der Waals surface area contributed by atoms with Crippen molar-refractivity contribution in [3.8, 4) is 0 Å². The Morgan fingerprint density at radius 3 is 2.46 bits per heavy atom. The molecule has 1 amide bonds. The van der Waals surface area contributed by atoms with Gasteiger partial charge >= 0.3 is 0 Å². The molecule has 1 fully saturated rings. The van der Waals surface area contributed by atoms with E-state index in [0.717, 1.165) is 19.5 Å². The first-order valence-electron chi connectivity index (χ1n) is 8.21. The van der Waals surface area contributed by atoms with E-state index in [1.807, 2.05) is 6.92 Å². The summed E-state index contributed by atoms with van der Waals surface area (Å²) in [4.78, 5) is 14.1. The highest BCUT2D eigenvalue weighted by atomic mass is 32.2. The minimum absolute atomic E-state index is 0.163. The molecule has 1 aromatic carbocycles. The van der Waals surface area contributed by atoms with Crippen LogP contribution < -0.4 is 10.0 Å². The van der Waals surface area contributed by atoms with Crippen LogP contribution in [0.2, 0.25) is 0 Å². The monoisotopic (exact) mass is 355 g/mol. The van der Waals surface area contributed by atoms with Crippen molar-refractivity contribution in [1.29, 1.82) is 0 Å².